The van der Waals surface area contributed by atoms with Crippen LogP contribution >= 0.6 is 0 Å². The van der Waals surface area contributed by atoms with E-state index in [4.69, 9.17) is 0 Å². The fourth-order valence-corrected chi connectivity index (χ4v) is 4.17. The Morgan fingerprint density at radius 2 is 1.82 bits per heavy atom. The lowest BCUT2D eigenvalue weighted by Gasteiger charge is -2.33. The van der Waals surface area contributed by atoms with E-state index in [0.717, 1.165) is 29.8 Å². The van der Waals surface area contributed by atoms with Crippen molar-refractivity contribution < 1.29 is 0 Å². The van der Waals surface area contributed by atoms with Gasteiger partial charge in [0.25, 0.3) is 0 Å². The highest BCUT2D eigenvalue weighted by Crippen LogP contribution is 2.35. The quantitative estimate of drug-likeness (QED) is 0.765. The molecular weight excluding hydrogens is 206 g/mol. The fraction of sp³-hybridized carbons (Fsp3) is 1.00. The molecule has 0 heterocycles. The highest BCUT2D eigenvalue weighted by Gasteiger charge is 2.33. The first kappa shape index (κ1) is 13.4. The smallest absolute Gasteiger partial charge is 0.00980 e. The van der Waals surface area contributed by atoms with Gasteiger partial charge in [-0.15, -0.1) is 0 Å². The first-order chi connectivity index (χ1) is 8.24. The van der Waals surface area contributed by atoms with E-state index >= 15 is 0 Å². The first-order valence-electron chi connectivity index (χ1n) is 8.00. The lowest BCUT2D eigenvalue weighted by Crippen LogP contribution is -2.42. The van der Waals surface area contributed by atoms with E-state index in [2.05, 4.69) is 26.1 Å². The van der Waals surface area contributed by atoms with Crippen molar-refractivity contribution in [3.8, 4) is 0 Å². The average Bonchev–Trinajstić information content (AvgIpc) is 2.71. The van der Waals surface area contributed by atoms with Crippen LogP contribution in [-0.2, 0) is 0 Å². The lowest BCUT2D eigenvalue weighted by molar-refractivity contribution is 0.239. The molecule has 0 saturated heterocycles. The van der Waals surface area contributed by atoms with Crippen molar-refractivity contribution in [2.45, 2.75) is 84.2 Å². The Labute approximate surface area is 108 Å². The van der Waals surface area contributed by atoms with E-state index in [0.29, 0.717) is 0 Å². The Kier molecular flexibility index (Phi) is 4.90. The van der Waals surface area contributed by atoms with E-state index in [1.165, 1.54) is 51.4 Å². The Morgan fingerprint density at radius 1 is 1.00 bits per heavy atom. The summed E-state index contributed by atoms with van der Waals surface area (Å²) in [6.45, 7) is 7.19. The Bertz CT molecular complexity index is 226. The molecule has 0 spiro atoms. The zero-order chi connectivity index (χ0) is 12.3. The van der Waals surface area contributed by atoms with Gasteiger partial charge in [-0.1, -0.05) is 46.5 Å². The van der Waals surface area contributed by atoms with Gasteiger partial charge in [0, 0.05) is 12.1 Å². The van der Waals surface area contributed by atoms with E-state index in [9.17, 15) is 0 Å². The van der Waals surface area contributed by atoms with Crippen LogP contribution in [-0.4, -0.2) is 12.1 Å². The molecule has 0 aliphatic heterocycles. The second kappa shape index (κ2) is 6.22. The fourth-order valence-electron chi connectivity index (χ4n) is 4.17. The second-order valence-electron chi connectivity index (χ2n) is 6.52. The van der Waals surface area contributed by atoms with Crippen molar-refractivity contribution >= 4 is 0 Å². The van der Waals surface area contributed by atoms with Crippen LogP contribution in [0.15, 0.2) is 0 Å². The molecule has 0 radical (unpaired) electrons. The number of hydrogen-bond donors (Lipinski definition) is 1. The molecule has 5 unspecified atom stereocenters. The number of nitrogens with one attached hydrogen (secondary N) is 1. The summed E-state index contributed by atoms with van der Waals surface area (Å²) in [4.78, 5) is 0. The molecule has 2 fully saturated rings. The zero-order valence-corrected chi connectivity index (χ0v) is 12.0. The molecule has 2 rings (SSSR count). The number of hydrogen-bond acceptors (Lipinski definition) is 1. The van der Waals surface area contributed by atoms with Crippen LogP contribution in [0.2, 0.25) is 0 Å². The summed E-state index contributed by atoms with van der Waals surface area (Å²) in [7, 11) is 0. The van der Waals surface area contributed by atoms with Crippen LogP contribution in [0.1, 0.15) is 72.1 Å². The summed E-state index contributed by atoms with van der Waals surface area (Å²) in [5.74, 6) is 2.89. The van der Waals surface area contributed by atoms with Gasteiger partial charge in [-0.25, -0.2) is 0 Å². The molecule has 2 saturated carbocycles. The maximum absolute atomic E-state index is 4.00. The molecule has 0 aromatic rings. The molecular formula is C16H31N. The number of rotatable bonds is 4. The van der Waals surface area contributed by atoms with Crippen molar-refractivity contribution in [3.05, 3.63) is 0 Å². The predicted molar refractivity (Wildman–Crippen MR) is 75.1 cm³/mol. The molecule has 1 nitrogen and oxygen atoms in total. The van der Waals surface area contributed by atoms with Crippen LogP contribution in [0.25, 0.3) is 0 Å². The molecule has 1 N–H and O–H groups in total. The third kappa shape index (κ3) is 3.24. The van der Waals surface area contributed by atoms with Crippen LogP contribution in [0.4, 0.5) is 0 Å². The molecule has 2 aliphatic rings. The van der Waals surface area contributed by atoms with Gasteiger partial charge in [0.05, 0.1) is 0 Å². The molecule has 1 heteroatoms. The molecule has 0 bridgehead atoms. The molecule has 0 aromatic carbocycles. The van der Waals surface area contributed by atoms with Crippen LogP contribution in [0, 0.1) is 17.8 Å². The predicted octanol–water partition coefficient (Wildman–Crippen LogP) is 4.37. The van der Waals surface area contributed by atoms with Gasteiger partial charge in [-0.2, -0.15) is 0 Å². The summed E-state index contributed by atoms with van der Waals surface area (Å²) >= 11 is 0. The average molecular weight is 237 g/mol. The third-order valence-corrected chi connectivity index (χ3v) is 5.56. The molecule has 100 valence electrons. The Morgan fingerprint density at radius 3 is 2.47 bits per heavy atom. The van der Waals surface area contributed by atoms with Crippen molar-refractivity contribution in [2.24, 2.45) is 17.8 Å². The third-order valence-electron chi connectivity index (χ3n) is 5.56. The van der Waals surface area contributed by atoms with E-state index in [-0.39, 0.29) is 0 Å². The molecule has 0 aromatic heterocycles. The van der Waals surface area contributed by atoms with Gasteiger partial charge in [-0.05, 0) is 43.4 Å². The maximum Gasteiger partial charge on any atom is 0.00980 e. The molecule has 2 aliphatic carbocycles. The molecule has 0 amide bonds. The summed E-state index contributed by atoms with van der Waals surface area (Å²) < 4.78 is 0. The monoisotopic (exact) mass is 237 g/mol. The van der Waals surface area contributed by atoms with Crippen molar-refractivity contribution in [1.82, 2.24) is 5.32 Å². The van der Waals surface area contributed by atoms with Gasteiger partial charge in [0.1, 0.15) is 0 Å². The highest BCUT2D eigenvalue weighted by atomic mass is 15.0. The Balaban J connectivity index is 1.80. The molecule has 17 heavy (non-hydrogen) atoms. The van der Waals surface area contributed by atoms with Gasteiger partial charge < -0.3 is 5.32 Å². The summed E-state index contributed by atoms with van der Waals surface area (Å²) in [5, 5.41) is 4.00. The highest BCUT2D eigenvalue weighted by molar-refractivity contribution is 4.89. The maximum atomic E-state index is 4.00. The normalized spacial score (nSPS) is 42.9. The summed E-state index contributed by atoms with van der Waals surface area (Å²) in [6, 6.07) is 1.65. The van der Waals surface area contributed by atoms with Gasteiger partial charge >= 0.3 is 0 Å². The van der Waals surface area contributed by atoms with Crippen LogP contribution in [0.3, 0.4) is 0 Å². The lowest BCUT2D eigenvalue weighted by atomic mass is 9.83. The minimum atomic E-state index is 0.820. The van der Waals surface area contributed by atoms with E-state index in [1.54, 1.807) is 0 Å². The van der Waals surface area contributed by atoms with Crippen molar-refractivity contribution in [2.75, 3.05) is 0 Å². The SMILES string of the molecule is CCC1CCCC(NC2CCC(CC)C2C)C1. The van der Waals surface area contributed by atoms with E-state index in [1.807, 2.05) is 0 Å². The second-order valence-corrected chi connectivity index (χ2v) is 6.52. The van der Waals surface area contributed by atoms with Crippen LogP contribution < -0.4 is 5.32 Å². The Hall–Kier alpha value is -0.0400. The minimum Gasteiger partial charge on any atom is -0.311 e. The van der Waals surface area contributed by atoms with Crippen molar-refractivity contribution in [3.63, 3.8) is 0 Å². The van der Waals surface area contributed by atoms with E-state index < -0.39 is 0 Å². The topological polar surface area (TPSA) is 12.0 Å². The summed E-state index contributed by atoms with van der Waals surface area (Å²) in [5.41, 5.74) is 0. The molecule has 5 atom stereocenters. The van der Waals surface area contributed by atoms with Gasteiger partial charge in [-0.3, -0.25) is 0 Å². The largest absolute Gasteiger partial charge is 0.311 e. The van der Waals surface area contributed by atoms with Crippen molar-refractivity contribution in [1.29, 1.82) is 0 Å². The minimum absolute atomic E-state index is 0.820. The van der Waals surface area contributed by atoms with Gasteiger partial charge in [0.15, 0.2) is 0 Å². The zero-order valence-electron chi connectivity index (χ0n) is 12.0. The first-order valence-corrected chi connectivity index (χ1v) is 8.00. The van der Waals surface area contributed by atoms with Gasteiger partial charge in [0.2, 0.25) is 0 Å². The summed E-state index contributed by atoms with van der Waals surface area (Å²) in [6.07, 6.45) is 11.4. The van der Waals surface area contributed by atoms with Crippen LogP contribution in [0.5, 0.6) is 0 Å². The standard InChI is InChI=1S/C16H31N/c1-4-13-7-6-8-15(11-13)17-16-10-9-14(5-2)12(16)3/h12-17H,4-11H2,1-3H3.